The minimum atomic E-state index is -4.38. The molecule has 0 fully saturated rings. The SMILES string of the molecule is Nc1nc(NCc2cccc(C(F)(F)F)c2)cc(Nc2ccncc2)n1. The summed E-state index contributed by atoms with van der Waals surface area (Å²) in [6.07, 6.45) is -1.13. The Labute approximate surface area is 147 Å². The van der Waals surface area contributed by atoms with Gasteiger partial charge in [0.25, 0.3) is 0 Å². The van der Waals surface area contributed by atoms with Crippen molar-refractivity contribution in [3.8, 4) is 0 Å². The summed E-state index contributed by atoms with van der Waals surface area (Å²) in [6.45, 7) is 0.162. The van der Waals surface area contributed by atoms with E-state index in [0.717, 1.165) is 17.8 Å². The van der Waals surface area contributed by atoms with Gasteiger partial charge in [0.1, 0.15) is 11.6 Å². The normalized spacial score (nSPS) is 11.2. The van der Waals surface area contributed by atoms with Crippen molar-refractivity contribution in [2.24, 2.45) is 0 Å². The number of nitrogens with two attached hydrogens (primary N) is 1. The number of hydrogen-bond acceptors (Lipinski definition) is 6. The highest BCUT2D eigenvalue weighted by Gasteiger charge is 2.30. The molecule has 134 valence electrons. The number of aromatic nitrogens is 3. The van der Waals surface area contributed by atoms with Crippen LogP contribution in [-0.4, -0.2) is 15.0 Å². The number of alkyl halides is 3. The van der Waals surface area contributed by atoms with Crippen molar-refractivity contribution in [3.63, 3.8) is 0 Å². The van der Waals surface area contributed by atoms with Crippen LogP contribution in [0.5, 0.6) is 0 Å². The predicted molar refractivity (Wildman–Crippen MR) is 92.7 cm³/mol. The van der Waals surface area contributed by atoms with Gasteiger partial charge in [-0.25, -0.2) is 0 Å². The summed E-state index contributed by atoms with van der Waals surface area (Å²) in [5.41, 5.74) is 6.24. The Morgan fingerprint density at radius 2 is 1.69 bits per heavy atom. The van der Waals surface area contributed by atoms with Gasteiger partial charge in [-0.05, 0) is 29.8 Å². The van der Waals surface area contributed by atoms with Crippen molar-refractivity contribution >= 4 is 23.3 Å². The Kier molecular flexibility index (Phi) is 4.87. The Bertz CT molecular complexity index is 883. The summed E-state index contributed by atoms with van der Waals surface area (Å²) in [6, 6.07) is 10.2. The van der Waals surface area contributed by atoms with Crippen molar-refractivity contribution in [2.45, 2.75) is 12.7 Å². The smallest absolute Gasteiger partial charge is 0.368 e. The molecule has 0 aliphatic carbocycles. The van der Waals surface area contributed by atoms with Crippen LogP contribution >= 0.6 is 0 Å². The lowest BCUT2D eigenvalue weighted by Gasteiger charge is -2.11. The van der Waals surface area contributed by atoms with Gasteiger partial charge in [-0.1, -0.05) is 12.1 Å². The molecule has 0 spiro atoms. The second-order valence-corrected chi connectivity index (χ2v) is 5.41. The third-order valence-electron chi connectivity index (χ3n) is 3.42. The van der Waals surface area contributed by atoms with Crippen LogP contribution in [0.2, 0.25) is 0 Å². The van der Waals surface area contributed by atoms with Gasteiger partial charge in [0.05, 0.1) is 5.56 Å². The third kappa shape index (κ3) is 4.59. The van der Waals surface area contributed by atoms with Gasteiger partial charge in [0.15, 0.2) is 0 Å². The number of anilines is 4. The molecular weight excluding hydrogens is 345 g/mol. The monoisotopic (exact) mass is 360 g/mol. The second kappa shape index (κ2) is 7.26. The lowest BCUT2D eigenvalue weighted by molar-refractivity contribution is -0.137. The molecule has 0 bridgehead atoms. The molecule has 1 aromatic carbocycles. The van der Waals surface area contributed by atoms with Gasteiger partial charge < -0.3 is 16.4 Å². The van der Waals surface area contributed by atoms with E-state index in [1.165, 1.54) is 6.07 Å². The maximum absolute atomic E-state index is 12.8. The van der Waals surface area contributed by atoms with Crippen LogP contribution in [0.1, 0.15) is 11.1 Å². The number of pyridine rings is 1. The van der Waals surface area contributed by atoms with Crippen molar-refractivity contribution in [2.75, 3.05) is 16.4 Å². The lowest BCUT2D eigenvalue weighted by Crippen LogP contribution is -2.08. The summed E-state index contributed by atoms with van der Waals surface area (Å²) in [7, 11) is 0. The van der Waals surface area contributed by atoms with E-state index >= 15 is 0 Å². The predicted octanol–water partition coefficient (Wildman–Crippen LogP) is 3.83. The molecule has 0 aliphatic heterocycles. The highest BCUT2D eigenvalue weighted by molar-refractivity contribution is 5.60. The average molecular weight is 360 g/mol. The third-order valence-corrected chi connectivity index (χ3v) is 3.42. The van der Waals surface area contributed by atoms with Crippen LogP contribution in [0.4, 0.5) is 36.4 Å². The van der Waals surface area contributed by atoms with Crippen molar-refractivity contribution in [1.82, 2.24) is 15.0 Å². The quantitative estimate of drug-likeness (QED) is 0.641. The highest BCUT2D eigenvalue weighted by Crippen LogP contribution is 2.29. The van der Waals surface area contributed by atoms with E-state index in [1.807, 2.05) is 0 Å². The molecule has 0 aliphatic rings. The Morgan fingerprint density at radius 1 is 0.962 bits per heavy atom. The van der Waals surface area contributed by atoms with E-state index in [9.17, 15) is 13.2 Å². The van der Waals surface area contributed by atoms with E-state index in [0.29, 0.717) is 17.2 Å². The minimum Gasteiger partial charge on any atom is -0.368 e. The first-order chi connectivity index (χ1) is 12.4. The largest absolute Gasteiger partial charge is 0.416 e. The van der Waals surface area contributed by atoms with E-state index in [-0.39, 0.29) is 12.5 Å². The number of nitrogen functional groups attached to an aromatic ring is 1. The zero-order valence-corrected chi connectivity index (χ0v) is 13.5. The number of benzene rings is 1. The molecule has 9 heteroatoms. The van der Waals surface area contributed by atoms with Crippen LogP contribution < -0.4 is 16.4 Å². The van der Waals surface area contributed by atoms with Crippen LogP contribution in [0, 0.1) is 0 Å². The molecule has 0 saturated heterocycles. The molecule has 0 unspecified atom stereocenters. The first-order valence-electron chi connectivity index (χ1n) is 7.62. The van der Waals surface area contributed by atoms with Gasteiger partial charge >= 0.3 is 6.18 Å². The summed E-state index contributed by atoms with van der Waals surface area (Å²) in [4.78, 5) is 12.0. The highest BCUT2D eigenvalue weighted by atomic mass is 19.4. The molecular formula is C17H15F3N6. The molecule has 0 atom stereocenters. The molecule has 6 nitrogen and oxygen atoms in total. The van der Waals surface area contributed by atoms with Gasteiger partial charge in [-0.2, -0.15) is 23.1 Å². The standard InChI is InChI=1S/C17H15F3N6/c18-17(19,20)12-3-1-2-11(8-12)10-23-14-9-15(26-16(21)25-14)24-13-4-6-22-7-5-13/h1-9H,10H2,(H4,21,22,23,24,25,26). The first-order valence-corrected chi connectivity index (χ1v) is 7.62. The topological polar surface area (TPSA) is 88.8 Å². The Morgan fingerprint density at radius 3 is 2.42 bits per heavy atom. The maximum atomic E-state index is 12.8. The molecule has 4 N–H and O–H groups in total. The van der Waals surface area contributed by atoms with Crippen molar-refractivity contribution in [1.29, 1.82) is 0 Å². The first kappa shape index (κ1) is 17.5. The summed E-state index contributed by atoms with van der Waals surface area (Å²) in [5.74, 6) is 0.886. The fourth-order valence-corrected chi connectivity index (χ4v) is 2.25. The Hall–Kier alpha value is -3.36. The van der Waals surface area contributed by atoms with Crippen LogP contribution in [0.25, 0.3) is 0 Å². The van der Waals surface area contributed by atoms with E-state index in [2.05, 4.69) is 25.6 Å². The summed E-state index contributed by atoms with van der Waals surface area (Å²) in [5, 5.41) is 6.01. The zero-order chi connectivity index (χ0) is 18.6. The van der Waals surface area contributed by atoms with Crippen molar-refractivity contribution in [3.05, 3.63) is 66.0 Å². The summed E-state index contributed by atoms with van der Waals surface area (Å²) < 4.78 is 38.3. The molecule has 2 aromatic heterocycles. The summed E-state index contributed by atoms with van der Waals surface area (Å²) >= 11 is 0. The van der Waals surface area contributed by atoms with E-state index in [1.54, 1.807) is 36.7 Å². The lowest BCUT2D eigenvalue weighted by atomic mass is 10.1. The minimum absolute atomic E-state index is 0.0376. The number of rotatable bonds is 5. The number of nitrogens with zero attached hydrogens (tertiary/aromatic N) is 3. The van der Waals surface area contributed by atoms with Crippen LogP contribution in [0.15, 0.2) is 54.9 Å². The van der Waals surface area contributed by atoms with Crippen molar-refractivity contribution < 1.29 is 13.2 Å². The molecule has 3 rings (SSSR count). The fourth-order valence-electron chi connectivity index (χ4n) is 2.25. The van der Waals surface area contributed by atoms with Gasteiger partial charge in [0, 0.05) is 30.7 Å². The molecule has 0 amide bonds. The van der Waals surface area contributed by atoms with Gasteiger partial charge in [0.2, 0.25) is 5.95 Å². The molecule has 2 heterocycles. The Balaban J connectivity index is 1.72. The number of hydrogen-bond donors (Lipinski definition) is 3. The van der Waals surface area contributed by atoms with Gasteiger partial charge in [-0.15, -0.1) is 0 Å². The average Bonchev–Trinajstić information content (AvgIpc) is 2.60. The van der Waals surface area contributed by atoms with Gasteiger partial charge in [-0.3, -0.25) is 4.98 Å². The van der Waals surface area contributed by atoms with E-state index < -0.39 is 11.7 Å². The maximum Gasteiger partial charge on any atom is 0.416 e. The molecule has 0 radical (unpaired) electrons. The molecule has 0 saturated carbocycles. The zero-order valence-electron chi connectivity index (χ0n) is 13.5. The molecule has 3 aromatic rings. The fraction of sp³-hybridized carbons (Fsp3) is 0.118. The number of nitrogens with one attached hydrogen (secondary N) is 2. The number of halogens is 3. The van der Waals surface area contributed by atoms with E-state index in [4.69, 9.17) is 5.73 Å². The van der Waals surface area contributed by atoms with Crippen LogP contribution in [-0.2, 0) is 12.7 Å². The molecule has 26 heavy (non-hydrogen) atoms. The van der Waals surface area contributed by atoms with Crippen LogP contribution in [0.3, 0.4) is 0 Å². The second-order valence-electron chi connectivity index (χ2n) is 5.41.